The van der Waals surface area contributed by atoms with Crippen molar-refractivity contribution in [3.8, 4) is 0 Å². The Morgan fingerprint density at radius 3 is 2.25 bits per heavy atom. The molecule has 13 atom stereocenters. The number of aliphatic hydroxyl groups excluding tert-OH is 2. The van der Waals surface area contributed by atoms with Crippen LogP contribution in [0.2, 0.25) is 0 Å². The average molecular weight is 727 g/mol. The van der Waals surface area contributed by atoms with Gasteiger partial charge in [0.05, 0.1) is 24.7 Å². The number of carboxylic acids is 1. The molecule has 5 N–H and O–H groups in total. The summed E-state index contributed by atoms with van der Waals surface area (Å²) in [6.45, 7) is 8.52. The van der Waals surface area contributed by atoms with E-state index in [1.807, 2.05) is 6.92 Å². The highest BCUT2D eigenvalue weighted by Crippen LogP contribution is 2.70. The van der Waals surface area contributed by atoms with Crippen LogP contribution in [0.4, 0.5) is 0 Å². The number of esters is 1. The van der Waals surface area contributed by atoms with Crippen LogP contribution in [0.1, 0.15) is 72.1 Å². The van der Waals surface area contributed by atoms with Gasteiger partial charge in [0.1, 0.15) is 12.2 Å². The fourth-order valence-electron chi connectivity index (χ4n) is 9.82. The molecular weight excluding hydrogens is 680 g/mol. The summed E-state index contributed by atoms with van der Waals surface area (Å²) in [5, 5.41) is 32.0. The molecule has 1 saturated heterocycles. The zero-order valence-electron chi connectivity index (χ0n) is 27.0. The number of aliphatic hydroxyl groups is 2. The van der Waals surface area contributed by atoms with E-state index < -0.39 is 99.0 Å². The molecule has 16 nitrogen and oxygen atoms in total. The third kappa shape index (κ3) is 7.20. The van der Waals surface area contributed by atoms with Gasteiger partial charge in [-0.05, 0) is 79.6 Å². The molecule has 18 heteroatoms. The number of ether oxygens (including phenoxy) is 3. The van der Waals surface area contributed by atoms with Crippen LogP contribution in [0.25, 0.3) is 0 Å². The molecule has 4 aliphatic carbocycles. The van der Waals surface area contributed by atoms with Gasteiger partial charge in [0.2, 0.25) is 0 Å². The Morgan fingerprint density at radius 2 is 1.67 bits per heavy atom. The lowest BCUT2D eigenvalue weighted by molar-refractivity contribution is -0.316. The molecular formula is C30H46O16S2. The van der Waals surface area contributed by atoms with E-state index in [0.29, 0.717) is 12.8 Å². The van der Waals surface area contributed by atoms with E-state index in [1.54, 1.807) is 13.8 Å². The van der Waals surface area contributed by atoms with Gasteiger partial charge in [0, 0.05) is 11.8 Å². The SMILES string of the molecule is C=C1[C@@H]2CC[C@H]3[C@]4(C)C[C@H](O[C@@H]5OC(CO)[C@@H](OS(=O)(=O)O)C(OS(=O)(=O)O)C5OC(=O)CC(C)C)C[C@@H](C(=O)O)[C@H]4CC[C@]3(C2)[C@H]1O. The number of fused-ring (bicyclic) bond motifs is 3. The van der Waals surface area contributed by atoms with Gasteiger partial charge in [0.25, 0.3) is 0 Å². The van der Waals surface area contributed by atoms with Crippen LogP contribution >= 0.6 is 0 Å². The average Bonchev–Trinajstić information content (AvgIpc) is 3.12. The van der Waals surface area contributed by atoms with Crippen LogP contribution in [0.5, 0.6) is 0 Å². The molecule has 5 rings (SSSR count). The molecule has 1 heterocycles. The lowest BCUT2D eigenvalue weighted by atomic mass is 9.43. The second kappa shape index (κ2) is 13.4. The van der Waals surface area contributed by atoms with E-state index in [-0.39, 0.29) is 42.9 Å². The monoisotopic (exact) mass is 726 g/mol. The van der Waals surface area contributed by atoms with E-state index >= 15 is 0 Å². The molecule has 5 aliphatic rings. The minimum absolute atomic E-state index is 0.0156. The molecule has 0 amide bonds. The largest absolute Gasteiger partial charge is 0.481 e. The molecule has 0 radical (unpaired) electrons. The van der Waals surface area contributed by atoms with Gasteiger partial charge in [-0.15, -0.1) is 0 Å². The van der Waals surface area contributed by atoms with Crippen LogP contribution < -0.4 is 0 Å². The van der Waals surface area contributed by atoms with Crippen molar-refractivity contribution in [1.29, 1.82) is 0 Å². The lowest BCUT2D eigenvalue weighted by Gasteiger charge is -2.62. The topological polar surface area (TPSA) is 250 Å². The maximum atomic E-state index is 12.9. The van der Waals surface area contributed by atoms with Crippen LogP contribution in [-0.2, 0) is 53.0 Å². The fourth-order valence-corrected chi connectivity index (χ4v) is 10.8. The highest BCUT2D eigenvalue weighted by atomic mass is 32.3. The van der Waals surface area contributed by atoms with Crippen LogP contribution in [0, 0.1) is 40.4 Å². The first-order valence-corrected chi connectivity index (χ1v) is 18.9. The normalized spacial score (nSPS) is 43.0. The second-order valence-electron chi connectivity index (χ2n) is 14.8. The third-order valence-electron chi connectivity index (χ3n) is 11.5. The van der Waals surface area contributed by atoms with E-state index in [9.17, 15) is 50.8 Å². The van der Waals surface area contributed by atoms with E-state index in [0.717, 1.165) is 24.8 Å². The number of rotatable bonds is 11. The maximum Gasteiger partial charge on any atom is 0.397 e. The highest BCUT2D eigenvalue weighted by Gasteiger charge is 2.67. The first-order chi connectivity index (χ1) is 22.2. The van der Waals surface area contributed by atoms with Gasteiger partial charge in [-0.2, -0.15) is 16.8 Å². The minimum atomic E-state index is -5.42. The Morgan fingerprint density at radius 1 is 1.02 bits per heavy atom. The summed E-state index contributed by atoms with van der Waals surface area (Å²) < 4.78 is 93.5. The van der Waals surface area contributed by atoms with Crippen LogP contribution in [0.15, 0.2) is 12.2 Å². The molecule has 2 bridgehead atoms. The zero-order valence-corrected chi connectivity index (χ0v) is 28.7. The number of hydrogen-bond donors (Lipinski definition) is 5. The van der Waals surface area contributed by atoms with Crippen molar-refractivity contribution in [2.45, 2.75) is 115 Å². The summed E-state index contributed by atoms with van der Waals surface area (Å²) in [7, 11) is -10.8. The van der Waals surface area contributed by atoms with Crippen molar-refractivity contribution in [1.82, 2.24) is 0 Å². The van der Waals surface area contributed by atoms with Gasteiger partial charge < -0.3 is 29.5 Å². The van der Waals surface area contributed by atoms with Crippen LogP contribution in [-0.4, -0.2) is 103 Å². The Balaban J connectivity index is 1.51. The van der Waals surface area contributed by atoms with E-state index in [2.05, 4.69) is 10.8 Å². The molecule has 1 aliphatic heterocycles. The zero-order chi connectivity index (χ0) is 35.6. The van der Waals surface area contributed by atoms with E-state index in [4.69, 9.17) is 18.4 Å². The smallest absolute Gasteiger partial charge is 0.397 e. The van der Waals surface area contributed by atoms with Crippen molar-refractivity contribution in [3.05, 3.63) is 12.2 Å². The molecule has 4 saturated carbocycles. The summed E-state index contributed by atoms with van der Waals surface area (Å²) in [6, 6.07) is 0. The van der Waals surface area contributed by atoms with Crippen molar-refractivity contribution in [2.24, 2.45) is 40.4 Å². The summed E-state index contributed by atoms with van der Waals surface area (Å²) in [4.78, 5) is 25.7. The summed E-state index contributed by atoms with van der Waals surface area (Å²) in [6.07, 6.45) is -7.93. The number of hydrogen-bond acceptors (Lipinski definition) is 13. The molecule has 0 aromatic carbocycles. The molecule has 48 heavy (non-hydrogen) atoms. The predicted octanol–water partition coefficient (Wildman–Crippen LogP) is 1.67. The first kappa shape index (κ1) is 37.5. The van der Waals surface area contributed by atoms with Crippen molar-refractivity contribution >= 4 is 32.7 Å². The molecule has 3 unspecified atom stereocenters. The standard InChI is InChI=1S/C30H46O16S2/c1-14(2)9-22(32)44-25-24(46-48(39,40)41)23(45-47(36,37)38)20(13-31)43-28(25)42-17-10-18(27(34)35)19-7-8-30-11-16(15(3)26(30)33)5-6-21(30)29(19,4)12-17/h14,16-21,23-26,28,31,33H,3,5-13H2,1-2,4H3,(H,34,35)(H,36,37,38)(H,39,40,41)/t16-,17-,18-,19-,20?,21+,23-,24?,25?,26+,28-,29-,30-/m1/s1. The Hall–Kier alpha value is -1.74. The number of carbonyl (C=O) groups excluding carboxylic acids is 1. The summed E-state index contributed by atoms with van der Waals surface area (Å²) >= 11 is 0. The molecule has 0 aromatic rings. The van der Waals surface area contributed by atoms with Crippen molar-refractivity contribution in [3.63, 3.8) is 0 Å². The van der Waals surface area contributed by atoms with Gasteiger partial charge in [0.15, 0.2) is 18.5 Å². The maximum absolute atomic E-state index is 12.9. The molecule has 1 spiro atoms. The number of aliphatic carboxylic acids is 1. The molecule has 274 valence electrons. The Labute approximate surface area is 280 Å². The van der Waals surface area contributed by atoms with Crippen molar-refractivity contribution < 1.29 is 73.4 Å². The summed E-state index contributed by atoms with van der Waals surface area (Å²) in [5.41, 5.74) is -0.319. The highest BCUT2D eigenvalue weighted by molar-refractivity contribution is 7.81. The molecule has 5 fully saturated rings. The number of carbonyl (C=O) groups is 2. The van der Waals surface area contributed by atoms with Gasteiger partial charge >= 0.3 is 32.7 Å². The van der Waals surface area contributed by atoms with Crippen molar-refractivity contribution in [2.75, 3.05) is 6.61 Å². The fraction of sp³-hybridized carbons (Fsp3) is 0.867. The molecule has 0 aromatic heterocycles. The summed E-state index contributed by atoms with van der Waals surface area (Å²) in [5.74, 6) is -3.25. The number of carboxylic acid groups (broad SMARTS) is 1. The lowest BCUT2D eigenvalue weighted by Crippen LogP contribution is -2.64. The van der Waals surface area contributed by atoms with Gasteiger partial charge in [-0.25, -0.2) is 8.37 Å². The Kier molecular flexibility index (Phi) is 10.5. The van der Waals surface area contributed by atoms with E-state index in [1.165, 1.54) is 0 Å². The minimum Gasteiger partial charge on any atom is -0.481 e. The van der Waals surface area contributed by atoms with Crippen LogP contribution in [0.3, 0.4) is 0 Å². The quantitative estimate of drug-likeness (QED) is 0.0879. The van der Waals surface area contributed by atoms with Gasteiger partial charge in [-0.1, -0.05) is 27.4 Å². The second-order valence-corrected chi connectivity index (χ2v) is 16.9. The Bertz CT molecular complexity index is 1480. The first-order valence-electron chi connectivity index (χ1n) is 16.2. The third-order valence-corrected chi connectivity index (χ3v) is 12.4. The van der Waals surface area contributed by atoms with Gasteiger partial charge in [-0.3, -0.25) is 18.7 Å². The predicted molar refractivity (Wildman–Crippen MR) is 162 cm³/mol.